The maximum atomic E-state index is 11.0. The van der Waals surface area contributed by atoms with E-state index >= 15 is 0 Å². The second kappa shape index (κ2) is 3.94. The average Bonchev–Trinajstić information content (AvgIpc) is 2.20. The smallest absolute Gasteiger partial charge is 0.236 e. The van der Waals surface area contributed by atoms with Gasteiger partial charge in [0.25, 0.3) is 0 Å². The molecule has 1 rings (SSSR count). The summed E-state index contributed by atoms with van der Waals surface area (Å²) in [4.78, 5) is 13.7. The fourth-order valence-corrected chi connectivity index (χ4v) is 1.13. The molecule has 0 bridgehead atoms. The quantitative estimate of drug-likeness (QED) is 0.325. The molecule has 12 heavy (non-hydrogen) atoms. The van der Waals surface area contributed by atoms with Crippen molar-refractivity contribution in [2.45, 2.75) is 24.9 Å². The minimum atomic E-state index is -0.455. The molecule has 1 fully saturated rings. The van der Waals surface area contributed by atoms with Crippen LogP contribution in [0.4, 0.5) is 0 Å². The molecule has 6 heteroatoms. The number of carbonyl (C=O) groups excluding carboxylic acids is 1. The second-order valence-corrected chi connectivity index (χ2v) is 2.79. The van der Waals surface area contributed by atoms with Crippen LogP contribution >= 0.6 is 0 Å². The fraction of sp³-hybridized carbons (Fsp3) is 0.833. The summed E-state index contributed by atoms with van der Waals surface area (Å²) in [5.41, 5.74) is 13.6. The minimum absolute atomic E-state index is 0.146. The highest BCUT2D eigenvalue weighted by molar-refractivity contribution is 5.81. The zero-order valence-electron chi connectivity index (χ0n) is 6.60. The van der Waals surface area contributed by atoms with Crippen molar-refractivity contribution in [3.63, 3.8) is 0 Å². The normalized spacial score (nSPS) is 29.9. The molecule has 0 spiro atoms. The van der Waals surface area contributed by atoms with E-state index in [0.717, 1.165) is 0 Å². The third kappa shape index (κ3) is 2.11. The van der Waals surface area contributed by atoms with Crippen molar-refractivity contribution < 1.29 is 4.79 Å². The number of carbonyl (C=O) groups is 1. The number of hydrogen-bond acceptors (Lipinski definition) is 3. The summed E-state index contributed by atoms with van der Waals surface area (Å²) in [6.45, 7) is 0.399. The summed E-state index contributed by atoms with van der Waals surface area (Å²) >= 11 is 0. The first-order valence-electron chi connectivity index (χ1n) is 3.81. The van der Waals surface area contributed by atoms with Gasteiger partial charge in [-0.3, -0.25) is 4.79 Å². The van der Waals surface area contributed by atoms with Gasteiger partial charge >= 0.3 is 0 Å². The number of nitrogens with zero attached hydrogens (tertiary/aromatic N) is 3. The topological polar surface area (TPSA) is 104 Å². The SMILES string of the molecule is [N-]=[N+]=N[C@H]1CC[C@H](N)C(=O)NC1. The molecule has 2 atom stereocenters. The van der Waals surface area contributed by atoms with Crippen molar-refractivity contribution in [2.75, 3.05) is 6.54 Å². The van der Waals surface area contributed by atoms with Crippen molar-refractivity contribution in [1.82, 2.24) is 5.32 Å². The molecular weight excluding hydrogens is 158 g/mol. The van der Waals surface area contributed by atoms with E-state index in [1.165, 1.54) is 0 Å². The molecule has 1 saturated heterocycles. The Balaban J connectivity index is 2.54. The number of nitrogens with one attached hydrogen (secondary N) is 1. The molecule has 0 radical (unpaired) electrons. The third-order valence-corrected chi connectivity index (χ3v) is 1.87. The summed E-state index contributed by atoms with van der Waals surface area (Å²) in [7, 11) is 0. The molecule has 1 amide bonds. The van der Waals surface area contributed by atoms with Gasteiger partial charge in [-0.1, -0.05) is 5.11 Å². The molecule has 0 aromatic rings. The monoisotopic (exact) mass is 169 g/mol. The lowest BCUT2D eigenvalue weighted by molar-refractivity contribution is -0.122. The Hall–Kier alpha value is -1.26. The van der Waals surface area contributed by atoms with Gasteiger partial charge < -0.3 is 11.1 Å². The number of rotatable bonds is 1. The van der Waals surface area contributed by atoms with Crippen LogP contribution in [0.5, 0.6) is 0 Å². The first-order chi connectivity index (χ1) is 5.74. The molecular formula is C6H11N5O. The predicted molar refractivity (Wildman–Crippen MR) is 43.2 cm³/mol. The van der Waals surface area contributed by atoms with E-state index in [4.69, 9.17) is 11.3 Å². The van der Waals surface area contributed by atoms with Crippen molar-refractivity contribution in [2.24, 2.45) is 10.8 Å². The van der Waals surface area contributed by atoms with Crippen LogP contribution in [-0.4, -0.2) is 24.5 Å². The zero-order chi connectivity index (χ0) is 8.97. The molecule has 1 heterocycles. The van der Waals surface area contributed by atoms with Gasteiger partial charge in [-0.05, 0) is 18.4 Å². The lowest BCUT2D eigenvalue weighted by atomic mass is 10.1. The summed E-state index contributed by atoms with van der Waals surface area (Å²) in [6.07, 6.45) is 1.25. The maximum absolute atomic E-state index is 11.0. The first-order valence-corrected chi connectivity index (χ1v) is 3.81. The lowest BCUT2D eigenvalue weighted by Crippen LogP contribution is -2.39. The van der Waals surface area contributed by atoms with Gasteiger partial charge in [-0.25, -0.2) is 0 Å². The van der Waals surface area contributed by atoms with Crippen LogP contribution in [0, 0.1) is 0 Å². The van der Waals surface area contributed by atoms with Crippen molar-refractivity contribution in [3.8, 4) is 0 Å². The average molecular weight is 169 g/mol. The van der Waals surface area contributed by atoms with E-state index in [2.05, 4.69) is 15.3 Å². The van der Waals surface area contributed by atoms with Gasteiger partial charge in [0.15, 0.2) is 0 Å². The number of azide groups is 1. The number of amides is 1. The van der Waals surface area contributed by atoms with E-state index in [0.29, 0.717) is 19.4 Å². The molecule has 1 aliphatic heterocycles. The molecule has 1 aliphatic rings. The third-order valence-electron chi connectivity index (χ3n) is 1.87. The van der Waals surface area contributed by atoms with Crippen LogP contribution in [-0.2, 0) is 4.79 Å². The van der Waals surface area contributed by atoms with Crippen LogP contribution in [0.15, 0.2) is 5.11 Å². The Morgan fingerprint density at radius 1 is 1.67 bits per heavy atom. The van der Waals surface area contributed by atoms with E-state index in [9.17, 15) is 4.79 Å². The van der Waals surface area contributed by atoms with Crippen LogP contribution in [0.25, 0.3) is 10.4 Å². The van der Waals surface area contributed by atoms with Crippen molar-refractivity contribution >= 4 is 5.91 Å². The minimum Gasteiger partial charge on any atom is -0.354 e. The highest BCUT2D eigenvalue weighted by Gasteiger charge is 2.20. The van der Waals surface area contributed by atoms with Crippen molar-refractivity contribution in [1.29, 1.82) is 0 Å². The molecule has 66 valence electrons. The second-order valence-electron chi connectivity index (χ2n) is 2.79. The number of nitrogens with two attached hydrogens (primary N) is 1. The van der Waals surface area contributed by atoms with Crippen LogP contribution in [0.1, 0.15) is 12.8 Å². The first kappa shape index (κ1) is 8.83. The van der Waals surface area contributed by atoms with Gasteiger partial charge in [0.1, 0.15) is 0 Å². The summed E-state index contributed by atoms with van der Waals surface area (Å²) in [5.74, 6) is -0.161. The van der Waals surface area contributed by atoms with E-state index in [-0.39, 0.29) is 11.9 Å². The maximum Gasteiger partial charge on any atom is 0.236 e. The van der Waals surface area contributed by atoms with Gasteiger partial charge in [0, 0.05) is 11.5 Å². The molecule has 0 aromatic heterocycles. The fourth-order valence-electron chi connectivity index (χ4n) is 1.13. The molecule has 0 aliphatic carbocycles. The molecule has 6 nitrogen and oxygen atoms in total. The Morgan fingerprint density at radius 2 is 2.42 bits per heavy atom. The Kier molecular flexibility index (Phi) is 2.90. The number of hydrogen-bond donors (Lipinski definition) is 2. The van der Waals surface area contributed by atoms with Crippen LogP contribution in [0.2, 0.25) is 0 Å². The van der Waals surface area contributed by atoms with Crippen LogP contribution in [0.3, 0.4) is 0 Å². The Bertz CT molecular complexity index is 222. The molecule has 3 N–H and O–H groups in total. The predicted octanol–water partition coefficient (Wildman–Crippen LogP) is -0.0974. The zero-order valence-corrected chi connectivity index (χ0v) is 6.60. The van der Waals surface area contributed by atoms with Crippen LogP contribution < -0.4 is 11.1 Å². The van der Waals surface area contributed by atoms with Gasteiger partial charge in [-0.15, -0.1) is 0 Å². The van der Waals surface area contributed by atoms with E-state index in [1.807, 2.05) is 0 Å². The summed E-state index contributed by atoms with van der Waals surface area (Å²) in [5, 5.41) is 6.12. The molecule has 0 unspecified atom stereocenters. The highest BCUT2D eigenvalue weighted by Crippen LogP contribution is 2.07. The summed E-state index contributed by atoms with van der Waals surface area (Å²) < 4.78 is 0. The van der Waals surface area contributed by atoms with E-state index < -0.39 is 6.04 Å². The molecule has 0 saturated carbocycles. The Morgan fingerprint density at radius 3 is 3.08 bits per heavy atom. The van der Waals surface area contributed by atoms with Crippen molar-refractivity contribution in [3.05, 3.63) is 10.4 Å². The van der Waals surface area contributed by atoms with Gasteiger partial charge in [-0.2, -0.15) is 0 Å². The van der Waals surface area contributed by atoms with Gasteiger partial charge in [0.2, 0.25) is 5.91 Å². The standard InChI is InChI=1S/C6H11N5O/c7-5-2-1-4(10-11-8)3-9-6(5)12/h4-5H,1-3,7H2,(H,9,12)/t4-,5-/m0/s1. The lowest BCUT2D eigenvalue weighted by Gasteiger charge is -2.04. The largest absolute Gasteiger partial charge is 0.354 e. The molecule has 0 aromatic carbocycles. The highest BCUT2D eigenvalue weighted by atomic mass is 16.2. The Labute approximate surface area is 69.7 Å². The van der Waals surface area contributed by atoms with E-state index in [1.54, 1.807) is 0 Å². The summed E-state index contributed by atoms with van der Waals surface area (Å²) in [6, 6.07) is -0.601. The van der Waals surface area contributed by atoms with Gasteiger partial charge in [0.05, 0.1) is 12.1 Å².